The molecular formula is C20H28N2O3. The molecule has 1 atom stereocenters. The average molecular weight is 344 g/mol. The Balaban J connectivity index is 1.18. The first-order valence-electron chi connectivity index (χ1n) is 9.69. The van der Waals surface area contributed by atoms with E-state index in [-0.39, 0.29) is 6.29 Å². The molecule has 136 valence electrons. The van der Waals surface area contributed by atoms with Crippen LogP contribution in [-0.2, 0) is 9.47 Å². The van der Waals surface area contributed by atoms with E-state index in [0.29, 0.717) is 5.92 Å². The van der Waals surface area contributed by atoms with Crippen LogP contribution in [0.4, 0.5) is 0 Å². The summed E-state index contributed by atoms with van der Waals surface area (Å²) in [7, 11) is 0. The molecule has 2 fully saturated rings. The fourth-order valence-electron chi connectivity index (χ4n) is 3.81. The third kappa shape index (κ3) is 4.40. The predicted molar refractivity (Wildman–Crippen MR) is 96.6 cm³/mol. The van der Waals surface area contributed by atoms with Gasteiger partial charge in [0.15, 0.2) is 17.8 Å². The molecule has 2 saturated heterocycles. The Morgan fingerprint density at radius 1 is 1.12 bits per heavy atom. The fourth-order valence-corrected chi connectivity index (χ4v) is 3.81. The summed E-state index contributed by atoms with van der Waals surface area (Å²) >= 11 is 0. The van der Waals surface area contributed by atoms with Gasteiger partial charge in [0.25, 0.3) is 0 Å². The van der Waals surface area contributed by atoms with Gasteiger partial charge in [-0.3, -0.25) is 0 Å². The van der Waals surface area contributed by atoms with Crippen LogP contribution in [0.2, 0.25) is 0 Å². The van der Waals surface area contributed by atoms with Crippen LogP contribution < -0.4 is 0 Å². The highest BCUT2D eigenvalue weighted by Crippen LogP contribution is 2.29. The van der Waals surface area contributed by atoms with Crippen LogP contribution >= 0.6 is 0 Å². The number of hydrogen-bond donors (Lipinski definition) is 0. The lowest BCUT2D eigenvalue weighted by molar-refractivity contribution is -0.163. The Hall–Kier alpha value is -1.43. The van der Waals surface area contributed by atoms with Gasteiger partial charge in [-0.1, -0.05) is 12.1 Å². The molecule has 2 aliphatic rings. The van der Waals surface area contributed by atoms with E-state index in [1.165, 1.54) is 12.8 Å². The van der Waals surface area contributed by atoms with Crippen LogP contribution in [0.1, 0.15) is 50.3 Å². The number of nitrogens with zero attached hydrogens (tertiary/aromatic N) is 2. The van der Waals surface area contributed by atoms with Crippen molar-refractivity contribution in [3.63, 3.8) is 0 Å². The summed E-state index contributed by atoms with van der Waals surface area (Å²) in [6.45, 7) is 4.99. The molecule has 0 bridgehead atoms. The molecule has 0 aliphatic carbocycles. The molecule has 2 aromatic rings. The molecule has 4 rings (SSSR count). The SMILES string of the molecule is c1ccc2oc(C3CCN(CCCO[C@H]4CCCCO4)CC3)nc2c1. The molecule has 0 spiro atoms. The quantitative estimate of drug-likeness (QED) is 0.743. The number of ether oxygens (including phenoxy) is 2. The molecular weight excluding hydrogens is 316 g/mol. The molecule has 0 saturated carbocycles. The lowest BCUT2D eigenvalue weighted by atomic mass is 9.97. The van der Waals surface area contributed by atoms with Gasteiger partial charge < -0.3 is 18.8 Å². The Kier molecular flexibility index (Phi) is 5.65. The first-order valence-corrected chi connectivity index (χ1v) is 9.69. The van der Waals surface area contributed by atoms with Crippen molar-refractivity contribution < 1.29 is 13.9 Å². The summed E-state index contributed by atoms with van der Waals surface area (Å²) in [5.41, 5.74) is 1.88. The zero-order chi connectivity index (χ0) is 16.9. The number of likely N-dealkylation sites (tertiary alicyclic amines) is 1. The zero-order valence-corrected chi connectivity index (χ0v) is 14.9. The standard InChI is InChI=1S/C20H28N2O3/c1-2-7-18-17(6-1)21-20(25-18)16-9-12-22(13-10-16)11-5-15-24-19-8-3-4-14-23-19/h1-2,6-7,16,19H,3-5,8-15H2/t19-/m0/s1. The molecule has 25 heavy (non-hydrogen) atoms. The van der Waals surface area contributed by atoms with Crippen molar-refractivity contribution in [1.29, 1.82) is 0 Å². The first kappa shape index (κ1) is 17.0. The van der Waals surface area contributed by atoms with E-state index in [0.717, 1.165) is 75.5 Å². The van der Waals surface area contributed by atoms with Crippen molar-refractivity contribution in [2.75, 3.05) is 32.8 Å². The van der Waals surface area contributed by atoms with Gasteiger partial charge in [0.2, 0.25) is 0 Å². The monoisotopic (exact) mass is 344 g/mol. The van der Waals surface area contributed by atoms with Crippen LogP contribution in [0.15, 0.2) is 28.7 Å². The lowest BCUT2D eigenvalue weighted by Crippen LogP contribution is -2.34. The molecule has 5 heteroatoms. The van der Waals surface area contributed by atoms with Crippen LogP contribution in [-0.4, -0.2) is 49.0 Å². The molecule has 0 amide bonds. The number of hydrogen-bond acceptors (Lipinski definition) is 5. The summed E-state index contributed by atoms with van der Waals surface area (Å²) in [4.78, 5) is 7.20. The molecule has 2 aliphatic heterocycles. The molecule has 0 unspecified atom stereocenters. The van der Waals surface area contributed by atoms with E-state index in [1.807, 2.05) is 24.3 Å². The van der Waals surface area contributed by atoms with Gasteiger partial charge in [0.1, 0.15) is 5.52 Å². The topological polar surface area (TPSA) is 47.7 Å². The highest BCUT2D eigenvalue weighted by molar-refractivity contribution is 5.72. The summed E-state index contributed by atoms with van der Waals surface area (Å²) in [5.74, 6) is 1.37. The minimum absolute atomic E-state index is 0.0404. The predicted octanol–water partition coefficient (Wildman–Crippen LogP) is 3.94. The Morgan fingerprint density at radius 2 is 2.00 bits per heavy atom. The maximum atomic E-state index is 5.94. The second-order valence-electron chi connectivity index (χ2n) is 7.16. The van der Waals surface area contributed by atoms with Crippen LogP contribution in [0.3, 0.4) is 0 Å². The molecule has 5 nitrogen and oxygen atoms in total. The molecule has 0 radical (unpaired) electrons. The van der Waals surface area contributed by atoms with Crippen molar-refractivity contribution in [3.8, 4) is 0 Å². The summed E-state index contributed by atoms with van der Waals surface area (Å²) in [6.07, 6.45) is 6.82. The van der Waals surface area contributed by atoms with Crippen LogP contribution in [0.5, 0.6) is 0 Å². The van der Waals surface area contributed by atoms with Gasteiger partial charge in [-0.2, -0.15) is 0 Å². The van der Waals surface area contributed by atoms with E-state index >= 15 is 0 Å². The highest BCUT2D eigenvalue weighted by atomic mass is 16.7. The number of fused-ring (bicyclic) bond motifs is 1. The maximum Gasteiger partial charge on any atom is 0.198 e. The summed E-state index contributed by atoms with van der Waals surface area (Å²) in [5, 5.41) is 0. The smallest absolute Gasteiger partial charge is 0.198 e. The third-order valence-electron chi connectivity index (χ3n) is 5.31. The zero-order valence-electron chi connectivity index (χ0n) is 14.9. The van der Waals surface area contributed by atoms with Crippen molar-refractivity contribution in [2.45, 2.75) is 50.7 Å². The highest BCUT2D eigenvalue weighted by Gasteiger charge is 2.24. The van der Waals surface area contributed by atoms with Gasteiger partial charge in [-0.15, -0.1) is 0 Å². The van der Waals surface area contributed by atoms with Crippen LogP contribution in [0.25, 0.3) is 11.1 Å². The number of aromatic nitrogens is 1. The number of piperidine rings is 1. The van der Waals surface area contributed by atoms with Crippen molar-refractivity contribution in [3.05, 3.63) is 30.2 Å². The van der Waals surface area contributed by atoms with E-state index in [1.54, 1.807) is 0 Å². The summed E-state index contributed by atoms with van der Waals surface area (Å²) < 4.78 is 17.4. The van der Waals surface area contributed by atoms with Crippen LogP contribution in [0, 0.1) is 0 Å². The fraction of sp³-hybridized carbons (Fsp3) is 0.650. The number of oxazole rings is 1. The number of rotatable bonds is 6. The second kappa shape index (κ2) is 8.30. The van der Waals surface area contributed by atoms with Gasteiger partial charge in [0.05, 0.1) is 6.61 Å². The first-order chi connectivity index (χ1) is 12.4. The second-order valence-corrected chi connectivity index (χ2v) is 7.16. The van der Waals surface area contributed by atoms with Crippen molar-refractivity contribution in [2.24, 2.45) is 0 Å². The lowest BCUT2D eigenvalue weighted by Gasteiger charge is -2.30. The molecule has 1 aromatic carbocycles. The summed E-state index contributed by atoms with van der Waals surface area (Å²) in [6, 6.07) is 8.03. The molecule has 1 aromatic heterocycles. The maximum absolute atomic E-state index is 5.94. The Bertz CT molecular complexity index is 625. The average Bonchev–Trinajstić information content (AvgIpc) is 3.11. The third-order valence-corrected chi connectivity index (χ3v) is 5.31. The van der Waals surface area contributed by atoms with E-state index in [9.17, 15) is 0 Å². The Morgan fingerprint density at radius 3 is 2.80 bits per heavy atom. The minimum atomic E-state index is 0.0404. The van der Waals surface area contributed by atoms with E-state index < -0.39 is 0 Å². The van der Waals surface area contributed by atoms with E-state index in [4.69, 9.17) is 13.9 Å². The van der Waals surface area contributed by atoms with Gasteiger partial charge in [-0.25, -0.2) is 4.98 Å². The molecule has 3 heterocycles. The number of benzene rings is 1. The molecule has 0 N–H and O–H groups in total. The van der Waals surface area contributed by atoms with Crippen molar-refractivity contribution in [1.82, 2.24) is 9.88 Å². The van der Waals surface area contributed by atoms with Gasteiger partial charge in [-0.05, 0) is 63.7 Å². The van der Waals surface area contributed by atoms with Gasteiger partial charge >= 0.3 is 0 Å². The number of para-hydroxylation sites is 2. The van der Waals surface area contributed by atoms with Gasteiger partial charge in [0, 0.05) is 19.1 Å². The minimum Gasteiger partial charge on any atom is -0.440 e. The Labute approximate surface area is 149 Å². The largest absolute Gasteiger partial charge is 0.440 e. The normalized spacial score (nSPS) is 23.3. The van der Waals surface area contributed by atoms with Crippen molar-refractivity contribution >= 4 is 11.1 Å². The van der Waals surface area contributed by atoms with E-state index in [2.05, 4.69) is 9.88 Å².